The SMILES string of the molecule is OCc1cc(-c2ccccc2)ncc1N1CCC(Oc2ccc(C(F)(F)F)cn2)C1. The van der Waals surface area contributed by atoms with Crippen molar-refractivity contribution in [3.8, 4) is 17.1 Å². The molecule has 0 bridgehead atoms. The Bertz CT molecular complexity index is 995. The standard InChI is InChI=1S/C22H20F3N3O2/c23-22(24,25)17-6-7-21(27-11-17)30-18-8-9-28(13-18)20-12-26-19(10-16(20)14-29)15-4-2-1-3-5-15/h1-7,10-12,18,29H,8-9,13-14H2. The third kappa shape index (κ3) is 4.38. The molecule has 1 unspecified atom stereocenters. The zero-order valence-electron chi connectivity index (χ0n) is 16.0. The number of pyridine rings is 2. The molecule has 2 aromatic heterocycles. The molecule has 0 aliphatic carbocycles. The Balaban J connectivity index is 1.45. The molecule has 1 atom stereocenters. The lowest BCUT2D eigenvalue weighted by Crippen LogP contribution is -2.25. The minimum Gasteiger partial charge on any atom is -0.472 e. The first-order valence-electron chi connectivity index (χ1n) is 9.54. The van der Waals surface area contributed by atoms with Gasteiger partial charge >= 0.3 is 6.18 Å². The maximum atomic E-state index is 12.7. The largest absolute Gasteiger partial charge is 0.472 e. The third-order valence-corrected chi connectivity index (χ3v) is 5.04. The molecule has 3 aromatic rings. The minimum absolute atomic E-state index is 0.125. The van der Waals surface area contributed by atoms with Crippen molar-refractivity contribution in [2.24, 2.45) is 0 Å². The van der Waals surface area contributed by atoms with Gasteiger partial charge in [-0.25, -0.2) is 4.98 Å². The second kappa shape index (κ2) is 8.31. The molecular weight excluding hydrogens is 395 g/mol. The number of benzene rings is 1. The molecule has 1 N–H and O–H groups in total. The topological polar surface area (TPSA) is 58.5 Å². The summed E-state index contributed by atoms with van der Waals surface area (Å²) in [6.07, 6.45) is -1.43. The second-order valence-corrected chi connectivity index (χ2v) is 7.08. The number of halogens is 3. The number of alkyl halides is 3. The van der Waals surface area contributed by atoms with Crippen LogP contribution < -0.4 is 9.64 Å². The van der Waals surface area contributed by atoms with Crippen LogP contribution in [0, 0.1) is 0 Å². The van der Waals surface area contributed by atoms with Crippen LogP contribution in [0.2, 0.25) is 0 Å². The Morgan fingerprint density at radius 3 is 2.53 bits per heavy atom. The number of aliphatic hydroxyl groups is 1. The lowest BCUT2D eigenvalue weighted by molar-refractivity contribution is -0.137. The molecule has 0 radical (unpaired) electrons. The predicted octanol–water partition coefficient (Wildman–Crippen LogP) is 4.31. The van der Waals surface area contributed by atoms with Crippen LogP contribution in [0.1, 0.15) is 17.5 Å². The van der Waals surface area contributed by atoms with Crippen LogP contribution in [0.25, 0.3) is 11.3 Å². The van der Waals surface area contributed by atoms with Gasteiger partial charge in [-0.2, -0.15) is 13.2 Å². The highest BCUT2D eigenvalue weighted by Crippen LogP contribution is 2.31. The van der Waals surface area contributed by atoms with Gasteiger partial charge in [-0.05, 0) is 12.1 Å². The molecule has 156 valence electrons. The number of ether oxygens (including phenoxy) is 1. The van der Waals surface area contributed by atoms with E-state index >= 15 is 0 Å². The van der Waals surface area contributed by atoms with E-state index in [-0.39, 0.29) is 18.6 Å². The Labute approximate surface area is 171 Å². The summed E-state index contributed by atoms with van der Waals surface area (Å²) in [6.45, 7) is 1.09. The van der Waals surface area contributed by atoms with Crippen LogP contribution in [0.5, 0.6) is 5.88 Å². The van der Waals surface area contributed by atoms with Gasteiger partial charge in [0.15, 0.2) is 0 Å². The van der Waals surface area contributed by atoms with E-state index in [0.717, 1.165) is 34.8 Å². The highest BCUT2D eigenvalue weighted by Gasteiger charge is 2.31. The Hall–Kier alpha value is -3.13. The van der Waals surface area contributed by atoms with Crippen molar-refractivity contribution in [3.05, 3.63) is 72.1 Å². The molecule has 0 saturated carbocycles. The molecule has 30 heavy (non-hydrogen) atoms. The molecule has 0 spiro atoms. The van der Waals surface area contributed by atoms with Crippen molar-refractivity contribution >= 4 is 5.69 Å². The van der Waals surface area contributed by atoms with Gasteiger partial charge in [0, 0.05) is 36.4 Å². The molecule has 1 aliphatic rings. The van der Waals surface area contributed by atoms with Gasteiger partial charge in [0.25, 0.3) is 0 Å². The maximum absolute atomic E-state index is 12.7. The van der Waals surface area contributed by atoms with E-state index in [2.05, 4.69) is 14.9 Å². The number of rotatable bonds is 5. The lowest BCUT2D eigenvalue weighted by Gasteiger charge is -2.21. The average molecular weight is 415 g/mol. The smallest absolute Gasteiger partial charge is 0.417 e. The molecule has 1 aromatic carbocycles. The first-order valence-corrected chi connectivity index (χ1v) is 9.54. The van der Waals surface area contributed by atoms with Gasteiger partial charge in [0.2, 0.25) is 5.88 Å². The van der Waals surface area contributed by atoms with Crippen LogP contribution in [0.15, 0.2) is 60.9 Å². The van der Waals surface area contributed by atoms with E-state index in [1.54, 1.807) is 6.20 Å². The first-order chi connectivity index (χ1) is 14.4. The van der Waals surface area contributed by atoms with Crippen LogP contribution >= 0.6 is 0 Å². The van der Waals surface area contributed by atoms with Gasteiger partial charge in [-0.1, -0.05) is 30.3 Å². The lowest BCUT2D eigenvalue weighted by atomic mass is 10.1. The average Bonchev–Trinajstić information content (AvgIpc) is 3.22. The van der Waals surface area contributed by atoms with E-state index in [1.165, 1.54) is 6.07 Å². The highest BCUT2D eigenvalue weighted by molar-refractivity contribution is 5.64. The Morgan fingerprint density at radius 1 is 1.07 bits per heavy atom. The number of aliphatic hydroxyl groups excluding tert-OH is 1. The fraction of sp³-hybridized carbons (Fsp3) is 0.273. The van der Waals surface area contributed by atoms with Gasteiger partial charge in [-0.15, -0.1) is 0 Å². The fourth-order valence-electron chi connectivity index (χ4n) is 3.50. The molecule has 1 fully saturated rings. The van der Waals surface area contributed by atoms with Crippen LogP contribution in [0.3, 0.4) is 0 Å². The zero-order chi connectivity index (χ0) is 21.1. The molecule has 0 amide bonds. The fourth-order valence-corrected chi connectivity index (χ4v) is 3.50. The van der Waals surface area contributed by atoms with Gasteiger partial charge in [-0.3, -0.25) is 4.98 Å². The number of aromatic nitrogens is 2. The number of hydrogen-bond donors (Lipinski definition) is 1. The van der Waals surface area contributed by atoms with Crippen molar-refractivity contribution in [2.45, 2.75) is 25.3 Å². The monoisotopic (exact) mass is 415 g/mol. The third-order valence-electron chi connectivity index (χ3n) is 5.04. The Kier molecular flexibility index (Phi) is 5.59. The normalized spacial score (nSPS) is 16.7. The van der Waals surface area contributed by atoms with E-state index in [9.17, 15) is 18.3 Å². The molecule has 3 heterocycles. The quantitative estimate of drug-likeness (QED) is 0.673. The summed E-state index contributed by atoms with van der Waals surface area (Å²) in [5, 5.41) is 9.86. The summed E-state index contributed by atoms with van der Waals surface area (Å²) in [4.78, 5) is 10.4. The number of anilines is 1. The maximum Gasteiger partial charge on any atom is 0.417 e. The molecule has 1 saturated heterocycles. The van der Waals surface area contributed by atoms with Gasteiger partial charge in [0.05, 0.1) is 36.3 Å². The summed E-state index contributed by atoms with van der Waals surface area (Å²) in [5.41, 5.74) is 2.53. The summed E-state index contributed by atoms with van der Waals surface area (Å²) >= 11 is 0. The molecule has 4 rings (SSSR count). The van der Waals surface area contributed by atoms with Crippen molar-refractivity contribution in [1.82, 2.24) is 9.97 Å². The van der Waals surface area contributed by atoms with E-state index < -0.39 is 11.7 Å². The van der Waals surface area contributed by atoms with Gasteiger partial charge in [0.1, 0.15) is 6.10 Å². The zero-order valence-corrected chi connectivity index (χ0v) is 16.0. The molecule has 1 aliphatic heterocycles. The summed E-state index contributed by atoms with van der Waals surface area (Å²) in [5.74, 6) is 0.162. The van der Waals surface area contributed by atoms with Crippen LogP contribution in [-0.4, -0.2) is 34.3 Å². The van der Waals surface area contributed by atoms with Crippen molar-refractivity contribution in [1.29, 1.82) is 0 Å². The molecular formula is C22H20F3N3O2. The van der Waals surface area contributed by atoms with Crippen LogP contribution in [0.4, 0.5) is 18.9 Å². The number of nitrogens with zero attached hydrogens (tertiary/aromatic N) is 3. The highest BCUT2D eigenvalue weighted by atomic mass is 19.4. The summed E-state index contributed by atoms with van der Waals surface area (Å²) in [7, 11) is 0. The minimum atomic E-state index is -4.42. The second-order valence-electron chi connectivity index (χ2n) is 7.08. The summed E-state index contributed by atoms with van der Waals surface area (Å²) in [6, 6.07) is 13.8. The van der Waals surface area contributed by atoms with E-state index in [4.69, 9.17) is 4.74 Å². The van der Waals surface area contributed by atoms with Gasteiger partial charge < -0.3 is 14.7 Å². The Morgan fingerprint density at radius 2 is 1.87 bits per heavy atom. The van der Waals surface area contributed by atoms with Crippen molar-refractivity contribution in [2.75, 3.05) is 18.0 Å². The van der Waals surface area contributed by atoms with E-state index in [1.807, 2.05) is 36.4 Å². The van der Waals surface area contributed by atoms with Crippen molar-refractivity contribution < 1.29 is 23.0 Å². The summed E-state index contributed by atoms with van der Waals surface area (Å²) < 4.78 is 43.7. The first kappa shape index (κ1) is 20.2. The molecule has 5 nitrogen and oxygen atoms in total. The van der Waals surface area contributed by atoms with Crippen molar-refractivity contribution in [3.63, 3.8) is 0 Å². The number of hydrogen-bond acceptors (Lipinski definition) is 5. The predicted molar refractivity (Wildman–Crippen MR) is 106 cm³/mol. The van der Waals surface area contributed by atoms with E-state index in [0.29, 0.717) is 19.5 Å². The van der Waals surface area contributed by atoms with Crippen LogP contribution in [-0.2, 0) is 12.8 Å². The molecule has 8 heteroatoms.